The second-order valence-electron chi connectivity index (χ2n) is 3.61. The van der Waals surface area contributed by atoms with Gasteiger partial charge >= 0.3 is 18.3 Å². The van der Waals surface area contributed by atoms with E-state index in [0.29, 0.717) is 0 Å². The molecule has 0 saturated heterocycles. The van der Waals surface area contributed by atoms with Crippen LogP contribution in [0.1, 0.15) is 31.8 Å². The van der Waals surface area contributed by atoms with Gasteiger partial charge in [0.1, 0.15) is 0 Å². The van der Waals surface area contributed by atoms with Crippen molar-refractivity contribution >= 4 is 11.9 Å². The van der Waals surface area contributed by atoms with E-state index in [1.807, 2.05) is 0 Å². The average molecular weight is 301 g/mol. The standard InChI is InChI=1S/C10H5F6NO3/c11-9(12,13)4-1-3(7(17)18)2-5(10(14,15)16)6(4)8(19)20/h1-2H,(H2,17,18)(H,19,20). The maximum Gasteiger partial charge on any atom is 0.417 e. The number of amides is 1. The van der Waals surface area contributed by atoms with E-state index in [9.17, 15) is 35.9 Å². The van der Waals surface area contributed by atoms with Gasteiger partial charge in [0.25, 0.3) is 0 Å². The summed E-state index contributed by atoms with van der Waals surface area (Å²) in [4.78, 5) is 21.5. The van der Waals surface area contributed by atoms with Crippen LogP contribution in [0.25, 0.3) is 0 Å². The average Bonchev–Trinajstić information content (AvgIpc) is 2.24. The third kappa shape index (κ3) is 3.00. The van der Waals surface area contributed by atoms with Gasteiger partial charge in [-0.15, -0.1) is 0 Å². The minimum atomic E-state index is -5.39. The number of primary amides is 1. The molecule has 1 aromatic rings. The van der Waals surface area contributed by atoms with Crippen LogP contribution in [-0.4, -0.2) is 17.0 Å². The fraction of sp³-hybridized carbons (Fsp3) is 0.200. The number of halogens is 6. The van der Waals surface area contributed by atoms with Gasteiger partial charge < -0.3 is 10.8 Å². The first-order valence-corrected chi connectivity index (χ1v) is 4.71. The van der Waals surface area contributed by atoms with E-state index >= 15 is 0 Å². The third-order valence-electron chi connectivity index (χ3n) is 2.25. The molecule has 1 aromatic carbocycles. The second-order valence-corrected chi connectivity index (χ2v) is 3.61. The van der Waals surface area contributed by atoms with Crippen molar-refractivity contribution in [3.05, 3.63) is 34.4 Å². The number of carbonyl (C=O) groups excluding carboxylic acids is 1. The van der Waals surface area contributed by atoms with Gasteiger partial charge in [-0.2, -0.15) is 26.3 Å². The van der Waals surface area contributed by atoms with Crippen LogP contribution in [0.4, 0.5) is 26.3 Å². The number of hydrogen-bond acceptors (Lipinski definition) is 2. The van der Waals surface area contributed by atoms with E-state index < -0.39 is 46.5 Å². The number of carboxylic acids is 1. The Kier molecular flexibility index (Phi) is 3.70. The van der Waals surface area contributed by atoms with Gasteiger partial charge in [0, 0.05) is 5.56 Å². The van der Waals surface area contributed by atoms with Crippen LogP contribution < -0.4 is 5.73 Å². The first-order chi connectivity index (χ1) is 8.85. The van der Waals surface area contributed by atoms with Gasteiger partial charge in [0.15, 0.2) is 0 Å². The van der Waals surface area contributed by atoms with Crippen LogP contribution in [0.5, 0.6) is 0 Å². The summed E-state index contributed by atoms with van der Waals surface area (Å²) in [5.41, 5.74) is -2.60. The fourth-order valence-corrected chi connectivity index (χ4v) is 1.46. The third-order valence-corrected chi connectivity index (χ3v) is 2.25. The lowest BCUT2D eigenvalue weighted by molar-refractivity contribution is -0.144. The number of rotatable bonds is 2. The lowest BCUT2D eigenvalue weighted by atomic mass is 9.96. The molecule has 20 heavy (non-hydrogen) atoms. The van der Waals surface area contributed by atoms with E-state index in [4.69, 9.17) is 5.11 Å². The van der Waals surface area contributed by atoms with Crippen molar-refractivity contribution in [3.63, 3.8) is 0 Å². The SMILES string of the molecule is NC(=O)c1cc(C(F)(F)F)c(C(=O)O)c(C(F)(F)F)c1. The summed E-state index contributed by atoms with van der Waals surface area (Å²) in [6.45, 7) is 0. The highest BCUT2D eigenvalue weighted by Crippen LogP contribution is 2.40. The molecule has 0 bridgehead atoms. The van der Waals surface area contributed by atoms with Crippen LogP contribution >= 0.6 is 0 Å². The summed E-state index contributed by atoms with van der Waals surface area (Å²) < 4.78 is 75.8. The summed E-state index contributed by atoms with van der Waals surface area (Å²) in [7, 11) is 0. The van der Waals surface area contributed by atoms with Crippen molar-refractivity contribution in [2.45, 2.75) is 12.4 Å². The normalized spacial score (nSPS) is 12.3. The van der Waals surface area contributed by atoms with E-state index in [1.165, 1.54) is 0 Å². The van der Waals surface area contributed by atoms with Gasteiger partial charge in [-0.3, -0.25) is 4.79 Å². The van der Waals surface area contributed by atoms with Crippen LogP contribution in [0, 0.1) is 0 Å². The predicted octanol–water partition coefficient (Wildman–Crippen LogP) is 2.52. The fourth-order valence-electron chi connectivity index (χ4n) is 1.46. The number of nitrogens with two attached hydrogens (primary N) is 1. The molecule has 10 heteroatoms. The molecule has 0 spiro atoms. The van der Waals surface area contributed by atoms with E-state index in [-0.39, 0.29) is 12.1 Å². The molecule has 0 fully saturated rings. The Hall–Kier alpha value is -2.26. The zero-order valence-corrected chi connectivity index (χ0v) is 9.26. The molecule has 0 saturated carbocycles. The quantitative estimate of drug-likeness (QED) is 0.824. The van der Waals surface area contributed by atoms with Gasteiger partial charge in [-0.1, -0.05) is 0 Å². The summed E-state index contributed by atoms with van der Waals surface area (Å²) in [5, 5.41) is 8.59. The minimum absolute atomic E-state index is 0.0268. The Balaban J connectivity index is 3.86. The highest BCUT2D eigenvalue weighted by molar-refractivity contribution is 5.97. The van der Waals surface area contributed by atoms with E-state index in [2.05, 4.69) is 5.73 Å². The van der Waals surface area contributed by atoms with Crippen molar-refractivity contribution in [2.75, 3.05) is 0 Å². The summed E-state index contributed by atoms with van der Waals surface area (Å²) in [6.07, 6.45) is -10.8. The summed E-state index contributed by atoms with van der Waals surface area (Å²) in [5.74, 6) is -3.96. The van der Waals surface area contributed by atoms with Gasteiger partial charge in [0.05, 0.1) is 16.7 Å². The molecule has 3 N–H and O–H groups in total. The minimum Gasteiger partial charge on any atom is -0.478 e. The molecular weight excluding hydrogens is 296 g/mol. The van der Waals surface area contributed by atoms with Gasteiger partial charge in [0.2, 0.25) is 5.91 Å². The first-order valence-electron chi connectivity index (χ1n) is 4.71. The first kappa shape index (κ1) is 15.8. The molecule has 0 aromatic heterocycles. The van der Waals surface area contributed by atoms with Crippen molar-refractivity contribution in [1.29, 1.82) is 0 Å². The number of alkyl halides is 6. The Labute approximate surface area is 106 Å². The topological polar surface area (TPSA) is 80.4 Å². The molecule has 1 rings (SSSR count). The van der Waals surface area contributed by atoms with Crippen LogP contribution in [0.2, 0.25) is 0 Å². The molecule has 0 aliphatic heterocycles. The Bertz CT molecular complexity index is 540. The Morgan fingerprint density at radius 3 is 1.50 bits per heavy atom. The summed E-state index contributed by atoms with van der Waals surface area (Å²) in [6, 6.07) is -0.0535. The maximum absolute atomic E-state index is 12.6. The lowest BCUT2D eigenvalue weighted by Gasteiger charge is -2.17. The molecule has 0 aliphatic carbocycles. The number of benzene rings is 1. The van der Waals surface area contributed by atoms with Crippen LogP contribution in [0.15, 0.2) is 12.1 Å². The van der Waals surface area contributed by atoms with E-state index in [1.54, 1.807) is 0 Å². The number of carbonyl (C=O) groups is 2. The zero-order chi connectivity index (χ0) is 15.9. The Morgan fingerprint density at radius 1 is 0.950 bits per heavy atom. The molecule has 110 valence electrons. The largest absolute Gasteiger partial charge is 0.478 e. The molecule has 0 heterocycles. The van der Waals surface area contributed by atoms with E-state index in [0.717, 1.165) is 0 Å². The smallest absolute Gasteiger partial charge is 0.417 e. The van der Waals surface area contributed by atoms with Crippen molar-refractivity contribution in [3.8, 4) is 0 Å². The summed E-state index contributed by atoms with van der Waals surface area (Å²) >= 11 is 0. The highest BCUT2D eigenvalue weighted by atomic mass is 19.4. The molecule has 0 aliphatic rings. The molecule has 1 amide bonds. The van der Waals surface area contributed by atoms with Crippen molar-refractivity contribution in [2.24, 2.45) is 5.73 Å². The van der Waals surface area contributed by atoms with Crippen molar-refractivity contribution < 1.29 is 41.0 Å². The molecular formula is C10H5F6NO3. The zero-order valence-electron chi connectivity index (χ0n) is 9.26. The number of aromatic carboxylic acids is 1. The number of hydrogen-bond donors (Lipinski definition) is 2. The molecule has 0 unspecified atom stereocenters. The Morgan fingerprint density at radius 2 is 1.30 bits per heavy atom. The van der Waals surface area contributed by atoms with Crippen LogP contribution in [0.3, 0.4) is 0 Å². The van der Waals surface area contributed by atoms with Crippen LogP contribution in [-0.2, 0) is 12.4 Å². The molecule has 0 radical (unpaired) electrons. The monoisotopic (exact) mass is 301 g/mol. The maximum atomic E-state index is 12.6. The second kappa shape index (κ2) is 4.69. The van der Waals surface area contributed by atoms with Gasteiger partial charge in [-0.05, 0) is 12.1 Å². The predicted molar refractivity (Wildman–Crippen MR) is 51.9 cm³/mol. The molecule has 4 nitrogen and oxygen atoms in total. The lowest BCUT2D eigenvalue weighted by Crippen LogP contribution is -2.23. The molecule has 0 atom stereocenters. The van der Waals surface area contributed by atoms with Crippen molar-refractivity contribution in [1.82, 2.24) is 0 Å². The van der Waals surface area contributed by atoms with Gasteiger partial charge in [-0.25, -0.2) is 4.79 Å². The highest BCUT2D eigenvalue weighted by Gasteiger charge is 2.44. The number of carboxylic acid groups (broad SMARTS) is 1.